The molecule has 0 spiro atoms. The second-order valence-electron chi connectivity index (χ2n) is 5.08. The molecule has 0 saturated carbocycles. The first-order chi connectivity index (χ1) is 9.44. The van der Waals surface area contributed by atoms with Gasteiger partial charge in [-0.1, -0.05) is 55.8 Å². The number of anilines is 1. The maximum absolute atomic E-state index is 12.1. The van der Waals surface area contributed by atoms with Crippen LogP contribution < -0.4 is 5.32 Å². The second-order valence-corrected chi connectivity index (χ2v) is 6.47. The van der Waals surface area contributed by atoms with Crippen LogP contribution in [0.5, 0.6) is 0 Å². The Morgan fingerprint density at radius 3 is 2.70 bits per heavy atom. The molecule has 0 aliphatic heterocycles. The van der Waals surface area contributed by atoms with Crippen molar-refractivity contribution in [2.45, 2.75) is 32.6 Å². The van der Waals surface area contributed by atoms with Gasteiger partial charge in [0.05, 0.1) is 10.6 Å². The fourth-order valence-corrected chi connectivity index (χ4v) is 2.64. The molecule has 0 aliphatic carbocycles. The summed E-state index contributed by atoms with van der Waals surface area (Å²) < 4.78 is 0. The van der Waals surface area contributed by atoms with E-state index in [9.17, 15) is 4.79 Å². The van der Waals surface area contributed by atoms with E-state index in [4.69, 9.17) is 11.6 Å². The molecular weight excluding hydrogens is 294 g/mol. The summed E-state index contributed by atoms with van der Waals surface area (Å²) in [5.41, 5.74) is 0.395. The Morgan fingerprint density at radius 1 is 1.35 bits per heavy atom. The van der Waals surface area contributed by atoms with Crippen LogP contribution in [0.1, 0.15) is 42.6 Å². The smallest absolute Gasteiger partial charge is 0.259 e. The lowest BCUT2D eigenvalue weighted by Gasteiger charge is -2.17. The number of hydrogen-bond donors (Lipinski definition) is 1. The van der Waals surface area contributed by atoms with Gasteiger partial charge in [0.25, 0.3) is 5.91 Å². The van der Waals surface area contributed by atoms with Crippen LogP contribution in [0.4, 0.5) is 5.13 Å². The number of amides is 1. The average Bonchev–Trinajstić information content (AvgIpc) is 2.88. The first-order valence-electron chi connectivity index (χ1n) is 6.34. The Kier molecular flexibility index (Phi) is 4.40. The van der Waals surface area contributed by atoms with Gasteiger partial charge in [-0.05, 0) is 18.6 Å². The fourth-order valence-electron chi connectivity index (χ4n) is 1.51. The molecule has 2 rings (SSSR count). The Morgan fingerprint density at radius 2 is 2.05 bits per heavy atom. The van der Waals surface area contributed by atoms with E-state index in [-0.39, 0.29) is 11.3 Å². The molecule has 1 aromatic heterocycles. The maximum atomic E-state index is 12.1. The highest BCUT2D eigenvalue weighted by Crippen LogP contribution is 2.31. The molecule has 1 N–H and O–H groups in total. The first kappa shape index (κ1) is 14.9. The maximum Gasteiger partial charge on any atom is 0.259 e. The van der Waals surface area contributed by atoms with E-state index >= 15 is 0 Å². The quantitative estimate of drug-likeness (QED) is 0.923. The summed E-state index contributed by atoms with van der Waals surface area (Å²) in [7, 11) is 0. The zero-order chi connectivity index (χ0) is 14.8. The minimum absolute atomic E-state index is 0.0367. The predicted molar refractivity (Wildman–Crippen MR) is 82.6 cm³/mol. The Bertz CT molecular complexity index is 624. The van der Waals surface area contributed by atoms with Crippen molar-refractivity contribution in [2.75, 3.05) is 5.32 Å². The summed E-state index contributed by atoms with van der Waals surface area (Å²) in [6.07, 6.45) is 0.958. The van der Waals surface area contributed by atoms with Crippen LogP contribution in [0.25, 0.3) is 0 Å². The van der Waals surface area contributed by atoms with Crippen molar-refractivity contribution in [3.8, 4) is 0 Å². The van der Waals surface area contributed by atoms with Crippen LogP contribution >= 0.6 is 22.9 Å². The van der Waals surface area contributed by atoms with Gasteiger partial charge in [0, 0.05) is 5.41 Å². The van der Waals surface area contributed by atoms with Gasteiger partial charge in [0.1, 0.15) is 5.01 Å². The molecule has 0 unspecified atom stereocenters. The molecule has 1 aromatic carbocycles. The van der Waals surface area contributed by atoms with Gasteiger partial charge in [-0.25, -0.2) is 0 Å². The molecule has 1 amide bonds. The summed E-state index contributed by atoms with van der Waals surface area (Å²) in [4.78, 5) is 12.1. The predicted octanol–water partition coefficient (Wildman–Crippen LogP) is 4.13. The number of hydrogen-bond acceptors (Lipinski definition) is 4. The van der Waals surface area contributed by atoms with Gasteiger partial charge in [-0.15, -0.1) is 10.2 Å². The highest BCUT2D eigenvalue weighted by atomic mass is 35.5. The summed E-state index contributed by atoms with van der Waals surface area (Å²) in [5.74, 6) is -0.271. The van der Waals surface area contributed by atoms with Crippen molar-refractivity contribution >= 4 is 34.0 Å². The van der Waals surface area contributed by atoms with Gasteiger partial charge in [0.15, 0.2) is 0 Å². The zero-order valence-electron chi connectivity index (χ0n) is 11.6. The number of nitrogens with zero attached hydrogens (tertiary/aromatic N) is 2. The summed E-state index contributed by atoms with van der Waals surface area (Å²) in [6.45, 7) is 6.31. The summed E-state index contributed by atoms with van der Waals surface area (Å²) >= 11 is 7.39. The van der Waals surface area contributed by atoms with Gasteiger partial charge in [0.2, 0.25) is 5.13 Å². The minimum Gasteiger partial charge on any atom is -0.296 e. The van der Waals surface area contributed by atoms with Crippen LogP contribution in [-0.2, 0) is 5.41 Å². The number of benzene rings is 1. The number of halogens is 1. The largest absolute Gasteiger partial charge is 0.296 e. The highest BCUT2D eigenvalue weighted by molar-refractivity contribution is 7.15. The van der Waals surface area contributed by atoms with E-state index in [1.165, 1.54) is 11.3 Å². The van der Waals surface area contributed by atoms with Crippen molar-refractivity contribution in [3.05, 3.63) is 39.9 Å². The number of nitrogens with one attached hydrogen (secondary N) is 1. The van der Waals surface area contributed by atoms with Crippen LogP contribution in [-0.4, -0.2) is 16.1 Å². The van der Waals surface area contributed by atoms with Gasteiger partial charge < -0.3 is 0 Å². The molecule has 1 heterocycles. The normalized spacial score (nSPS) is 11.4. The molecular formula is C14H16ClN3OS. The Balaban J connectivity index is 2.16. The molecule has 2 aromatic rings. The van der Waals surface area contributed by atoms with Crippen LogP contribution in [0.2, 0.25) is 5.02 Å². The Hall–Kier alpha value is -1.46. The monoisotopic (exact) mass is 309 g/mol. The minimum atomic E-state index is -0.271. The van der Waals surface area contributed by atoms with E-state index in [1.54, 1.807) is 24.3 Å². The van der Waals surface area contributed by atoms with Crippen molar-refractivity contribution in [1.29, 1.82) is 0 Å². The average molecular weight is 310 g/mol. The molecule has 0 aliphatic rings. The molecule has 6 heteroatoms. The molecule has 0 fully saturated rings. The van der Waals surface area contributed by atoms with E-state index in [2.05, 4.69) is 36.3 Å². The lowest BCUT2D eigenvalue weighted by molar-refractivity contribution is 0.102. The number of rotatable bonds is 4. The van der Waals surface area contributed by atoms with E-state index in [1.807, 2.05) is 0 Å². The molecule has 0 radical (unpaired) electrons. The topological polar surface area (TPSA) is 54.9 Å². The summed E-state index contributed by atoms with van der Waals surface area (Å²) in [5, 5.41) is 12.7. The first-order valence-corrected chi connectivity index (χ1v) is 7.53. The van der Waals surface area contributed by atoms with Crippen molar-refractivity contribution in [2.24, 2.45) is 0 Å². The fraction of sp³-hybridized carbons (Fsp3) is 0.357. The number of aromatic nitrogens is 2. The molecule has 0 atom stereocenters. The van der Waals surface area contributed by atoms with Crippen LogP contribution in [0.15, 0.2) is 24.3 Å². The van der Waals surface area contributed by atoms with E-state index in [0.717, 1.165) is 11.4 Å². The van der Waals surface area contributed by atoms with Gasteiger partial charge in [-0.2, -0.15) is 0 Å². The number of carbonyl (C=O) groups excluding carboxylic acids is 1. The Labute approximate surface area is 127 Å². The van der Waals surface area contributed by atoms with Crippen molar-refractivity contribution in [1.82, 2.24) is 10.2 Å². The highest BCUT2D eigenvalue weighted by Gasteiger charge is 2.23. The second kappa shape index (κ2) is 5.89. The molecule has 106 valence electrons. The van der Waals surface area contributed by atoms with E-state index < -0.39 is 0 Å². The number of carbonyl (C=O) groups is 1. The van der Waals surface area contributed by atoms with Crippen LogP contribution in [0, 0.1) is 0 Å². The van der Waals surface area contributed by atoms with Gasteiger partial charge >= 0.3 is 0 Å². The molecule has 4 nitrogen and oxygen atoms in total. The third-order valence-corrected chi connectivity index (χ3v) is 4.76. The molecule has 20 heavy (non-hydrogen) atoms. The standard InChI is InChI=1S/C14H16ClN3OS/c1-4-14(2,3)12-17-18-13(20-12)16-11(19)9-7-5-6-8-10(9)15/h5-8H,4H2,1-3H3,(H,16,18,19). The van der Waals surface area contributed by atoms with Crippen LogP contribution in [0.3, 0.4) is 0 Å². The van der Waals surface area contributed by atoms with Crippen molar-refractivity contribution in [3.63, 3.8) is 0 Å². The zero-order valence-corrected chi connectivity index (χ0v) is 13.2. The third kappa shape index (κ3) is 3.16. The van der Waals surface area contributed by atoms with Crippen molar-refractivity contribution < 1.29 is 4.79 Å². The molecule has 0 bridgehead atoms. The molecule has 0 saturated heterocycles. The lowest BCUT2D eigenvalue weighted by atomic mass is 9.91. The van der Waals surface area contributed by atoms with E-state index in [0.29, 0.717) is 15.7 Å². The van der Waals surface area contributed by atoms with Gasteiger partial charge in [-0.3, -0.25) is 10.1 Å². The summed E-state index contributed by atoms with van der Waals surface area (Å²) in [6, 6.07) is 6.91. The third-order valence-electron chi connectivity index (χ3n) is 3.23. The lowest BCUT2D eigenvalue weighted by Crippen LogP contribution is -2.14. The SMILES string of the molecule is CCC(C)(C)c1nnc(NC(=O)c2ccccc2Cl)s1.